The normalized spacial score (nSPS) is 10.8. The van der Waals surface area contributed by atoms with Crippen LogP contribution in [0.4, 0.5) is 22.0 Å². The topological polar surface area (TPSA) is 26.3 Å². The van der Waals surface area contributed by atoms with E-state index < -0.39 is 47.2 Å². The van der Waals surface area contributed by atoms with Crippen molar-refractivity contribution in [2.75, 3.05) is 6.61 Å². The maximum atomic E-state index is 13.3. The fourth-order valence-corrected chi connectivity index (χ4v) is 2.35. The lowest BCUT2D eigenvalue weighted by Crippen LogP contribution is -2.14. The van der Waals surface area contributed by atoms with Crippen LogP contribution in [0.25, 0.3) is 0 Å². The van der Waals surface area contributed by atoms with Gasteiger partial charge in [-0.1, -0.05) is 11.6 Å². The number of hydrogen-bond acceptors (Lipinski definition) is 3. The Kier molecular flexibility index (Phi) is 4.48. The maximum Gasteiger partial charge on any atom is 0.210 e. The SMILES string of the molecule is O=C(COc1c(F)c(F)c(F)c(F)c1F)c1ccc(Cl)s1. The number of ether oxygens (including phenoxy) is 1. The van der Waals surface area contributed by atoms with Crippen LogP contribution in [0.15, 0.2) is 12.1 Å². The van der Waals surface area contributed by atoms with Gasteiger partial charge in [-0.05, 0) is 12.1 Å². The van der Waals surface area contributed by atoms with Crippen molar-refractivity contribution in [1.82, 2.24) is 0 Å². The van der Waals surface area contributed by atoms with Gasteiger partial charge in [0, 0.05) is 0 Å². The largest absolute Gasteiger partial charge is 0.479 e. The smallest absolute Gasteiger partial charge is 0.210 e. The van der Waals surface area contributed by atoms with Gasteiger partial charge in [0.2, 0.25) is 34.9 Å². The molecule has 1 aromatic heterocycles. The summed E-state index contributed by atoms with van der Waals surface area (Å²) in [4.78, 5) is 11.7. The Labute approximate surface area is 123 Å². The second kappa shape index (κ2) is 5.98. The summed E-state index contributed by atoms with van der Waals surface area (Å²) in [5, 5.41) is 0. The molecular formula is C12H4ClF5O2S. The van der Waals surface area contributed by atoms with Gasteiger partial charge in [-0.2, -0.15) is 8.78 Å². The summed E-state index contributed by atoms with van der Waals surface area (Å²) < 4.78 is 69.9. The zero-order valence-electron chi connectivity index (χ0n) is 9.85. The average molecular weight is 343 g/mol. The summed E-state index contributed by atoms with van der Waals surface area (Å²) >= 11 is 6.48. The molecular weight excluding hydrogens is 339 g/mol. The highest BCUT2D eigenvalue weighted by molar-refractivity contribution is 7.18. The molecule has 112 valence electrons. The van der Waals surface area contributed by atoms with E-state index in [2.05, 4.69) is 4.74 Å². The van der Waals surface area contributed by atoms with Crippen molar-refractivity contribution in [3.05, 3.63) is 50.4 Å². The molecule has 0 amide bonds. The molecule has 0 spiro atoms. The number of hydrogen-bond donors (Lipinski definition) is 0. The Morgan fingerprint density at radius 2 is 1.52 bits per heavy atom. The number of carbonyl (C=O) groups excluding carboxylic acids is 1. The summed E-state index contributed by atoms with van der Waals surface area (Å²) in [6, 6.07) is 2.76. The van der Waals surface area contributed by atoms with Gasteiger partial charge in [0.1, 0.15) is 0 Å². The van der Waals surface area contributed by atoms with Crippen LogP contribution in [-0.4, -0.2) is 12.4 Å². The van der Waals surface area contributed by atoms with Crippen molar-refractivity contribution in [2.24, 2.45) is 0 Å². The second-order valence-electron chi connectivity index (χ2n) is 3.71. The molecule has 0 aliphatic heterocycles. The molecule has 2 aromatic rings. The molecule has 2 rings (SSSR count). The van der Waals surface area contributed by atoms with Crippen molar-refractivity contribution in [2.45, 2.75) is 0 Å². The zero-order chi connectivity index (χ0) is 15.7. The lowest BCUT2D eigenvalue weighted by molar-refractivity contribution is 0.0917. The van der Waals surface area contributed by atoms with Gasteiger partial charge in [0.25, 0.3) is 0 Å². The van der Waals surface area contributed by atoms with Crippen LogP contribution in [0.3, 0.4) is 0 Å². The van der Waals surface area contributed by atoms with Crippen LogP contribution in [0, 0.1) is 29.1 Å². The van der Waals surface area contributed by atoms with Crippen LogP contribution < -0.4 is 4.74 Å². The van der Waals surface area contributed by atoms with Crippen molar-refractivity contribution in [3.8, 4) is 5.75 Å². The Morgan fingerprint density at radius 1 is 1.00 bits per heavy atom. The summed E-state index contributed by atoms with van der Waals surface area (Å²) in [6.45, 7) is -0.894. The van der Waals surface area contributed by atoms with E-state index >= 15 is 0 Å². The third kappa shape index (κ3) is 3.01. The van der Waals surface area contributed by atoms with E-state index in [1.165, 1.54) is 12.1 Å². The van der Waals surface area contributed by atoms with Crippen molar-refractivity contribution in [3.63, 3.8) is 0 Å². The minimum absolute atomic E-state index is 0.129. The van der Waals surface area contributed by atoms with Crippen LogP contribution in [0.2, 0.25) is 4.34 Å². The zero-order valence-corrected chi connectivity index (χ0v) is 11.4. The molecule has 0 saturated heterocycles. The molecule has 0 bridgehead atoms. The Morgan fingerprint density at radius 3 is 2.00 bits per heavy atom. The molecule has 0 N–H and O–H groups in total. The first-order valence-corrected chi connectivity index (χ1v) is 6.45. The van der Waals surface area contributed by atoms with Gasteiger partial charge >= 0.3 is 0 Å². The third-order valence-electron chi connectivity index (χ3n) is 2.37. The van der Waals surface area contributed by atoms with Crippen molar-refractivity contribution >= 4 is 28.7 Å². The fourth-order valence-electron chi connectivity index (χ4n) is 1.38. The monoisotopic (exact) mass is 342 g/mol. The van der Waals surface area contributed by atoms with E-state index in [0.717, 1.165) is 11.3 Å². The van der Waals surface area contributed by atoms with E-state index in [9.17, 15) is 26.7 Å². The Bertz CT molecular complexity index is 687. The summed E-state index contributed by atoms with van der Waals surface area (Å²) in [5.41, 5.74) is 0. The van der Waals surface area contributed by atoms with Gasteiger partial charge in [-0.15, -0.1) is 11.3 Å². The molecule has 0 aliphatic carbocycles. The summed E-state index contributed by atoms with van der Waals surface area (Å²) in [5.74, 6) is -13.1. The molecule has 0 radical (unpaired) electrons. The molecule has 0 fully saturated rings. The predicted octanol–water partition coefficient (Wildman–Crippen LogP) is 4.36. The molecule has 0 atom stereocenters. The fraction of sp³-hybridized carbons (Fsp3) is 0.0833. The number of rotatable bonds is 4. The number of halogens is 6. The van der Waals surface area contributed by atoms with Crippen molar-refractivity contribution < 1.29 is 31.5 Å². The molecule has 0 unspecified atom stereocenters. The standard InChI is InChI=1S/C12H4ClF5O2S/c13-6-2-1-5(21-6)4(19)3-20-12-10(17)8(15)7(14)9(16)11(12)18/h1-2H,3H2. The highest BCUT2D eigenvalue weighted by Gasteiger charge is 2.27. The average Bonchev–Trinajstić information content (AvgIpc) is 2.89. The maximum absolute atomic E-state index is 13.3. The molecule has 0 saturated carbocycles. The van der Waals surface area contributed by atoms with Crippen LogP contribution in [0.5, 0.6) is 5.75 Å². The second-order valence-corrected chi connectivity index (χ2v) is 5.43. The minimum Gasteiger partial charge on any atom is -0.479 e. The minimum atomic E-state index is -2.30. The Hall–Kier alpha value is -1.67. The molecule has 21 heavy (non-hydrogen) atoms. The summed E-state index contributed by atoms with van der Waals surface area (Å²) in [6.07, 6.45) is 0. The summed E-state index contributed by atoms with van der Waals surface area (Å²) in [7, 11) is 0. The van der Waals surface area contributed by atoms with E-state index in [1.807, 2.05) is 0 Å². The lowest BCUT2D eigenvalue weighted by atomic mass is 10.2. The number of carbonyl (C=O) groups is 1. The van der Waals surface area contributed by atoms with Gasteiger partial charge in [-0.25, -0.2) is 13.2 Å². The molecule has 1 aromatic carbocycles. The van der Waals surface area contributed by atoms with Gasteiger partial charge in [0.15, 0.2) is 12.4 Å². The van der Waals surface area contributed by atoms with Gasteiger partial charge in [-0.3, -0.25) is 4.79 Å². The molecule has 2 nitrogen and oxygen atoms in total. The van der Waals surface area contributed by atoms with Crippen molar-refractivity contribution in [1.29, 1.82) is 0 Å². The number of benzene rings is 1. The van der Waals surface area contributed by atoms with Crippen LogP contribution in [-0.2, 0) is 0 Å². The molecule has 1 heterocycles. The third-order valence-corrected chi connectivity index (χ3v) is 3.64. The quantitative estimate of drug-likeness (QED) is 0.357. The van der Waals surface area contributed by atoms with E-state index in [-0.39, 0.29) is 4.88 Å². The highest BCUT2D eigenvalue weighted by atomic mass is 35.5. The van der Waals surface area contributed by atoms with Gasteiger partial charge < -0.3 is 4.74 Å². The highest BCUT2D eigenvalue weighted by Crippen LogP contribution is 2.29. The first-order chi connectivity index (χ1) is 9.82. The van der Waals surface area contributed by atoms with E-state index in [0.29, 0.717) is 4.34 Å². The molecule has 0 aliphatic rings. The van der Waals surface area contributed by atoms with Gasteiger partial charge in [0.05, 0.1) is 9.21 Å². The van der Waals surface area contributed by atoms with E-state index in [1.54, 1.807) is 0 Å². The van der Waals surface area contributed by atoms with Crippen LogP contribution in [0.1, 0.15) is 9.67 Å². The number of ketones is 1. The number of thiophene rings is 1. The number of Topliss-reactive ketones (excluding diaryl/α,β-unsaturated/α-hetero) is 1. The first-order valence-electron chi connectivity index (χ1n) is 5.25. The predicted molar refractivity (Wildman–Crippen MR) is 65.4 cm³/mol. The first kappa shape index (κ1) is 15.7. The molecule has 9 heteroatoms. The lowest BCUT2D eigenvalue weighted by Gasteiger charge is -2.09. The van der Waals surface area contributed by atoms with E-state index in [4.69, 9.17) is 11.6 Å². The van der Waals surface area contributed by atoms with Crippen LogP contribution >= 0.6 is 22.9 Å². The Balaban J connectivity index is 2.23.